The van der Waals surface area contributed by atoms with Crippen molar-refractivity contribution in [2.24, 2.45) is 4.99 Å². The number of thioether (sulfide) groups is 1. The minimum Gasteiger partial charge on any atom is -0.359 e. The molecule has 2 rings (SSSR count). The Morgan fingerprint density at radius 3 is 2.88 bits per heavy atom. The molecule has 2 N–H and O–H groups in total. The molecule has 1 unspecified atom stereocenters. The SMILES string of the molecule is CNC(=O)C(C)N=C1NC2(CCCC2)CS1. The third kappa shape index (κ3) is 2.34. The zero-order valence-electron chi connectivity index (χ0n) is 9.88. The fourth-order valence-corrected chi connectivity index (χ4v) is 3.63. The Kier molecular flexibility index (Phi) is 3.42. The van der Waals surface area contributed by atoms with E-state index in [1.54, 1.807) is 18.8 Å². The van der Waals surface area contributed by atoms with Crippen LogP contribution in [0, 0.1) is 0 Å². The lowest BCUT2D eigenvalue weighted by molar-refractivity contribution is -0.121. The summed E-state index contributed by atoms with van der Waals surface area (Å²) in [4.78, 5) is 15.8. The summed E-state index contributed by atoms with van der Waals surface area (Å²) < 4.78 is 0. The molecule has 1 amide bonds. The molecule has 90 valence electrons. The number of rotatable bonds is 2. The van der Waals surface area contributed by atoms with Crippen molar-refractivity contribution in [2.75, 3.05) is 12.8 Å². The number of amides is 1. The third-order valence-corrected chi connectivity index (χ3v) is 4.53. The van der Waals surface area contributed by atoms with Crippen molar-refractivity contribution in [1.82, 2.24) is 10.6 Å². The van der Waals surface area contributed by atoms with Gasteiger partial charge in [-0.05, 0) is 19.8 Å². The van der Waals surface area contributed by atoms with Crippen molar-refractivity contribution in [1.29, 1.82) is 0 Å². The van der Waals surface area contributed by atoms with Gasteiger partial charge in [0, 0.05) is 18.3 Å². The molecule has 5 heteroatoms. The fraction of sp³-hybridized carbons (Fsp3) is 0.818. The van der Waals surface area contributed by atoms with Crippen molar-refractivity contribution in [2.45, 2.75) is 44.2 Å². The number of nitrogens with one attached hydrogen (secondary N) is 2. The number of likely N-dealkylation sites (N-methyl/N-ethyl adjacent to an activating group) is 1. The minimum atomic E-state index is -0.295. The number of carbonyl (C=O) groups excluding carboxylic acids is 1. The van der Waals surface area contributed by atoms with Crippen LogP contribution < -0.4 is 10.6 Å². The van der Waals surface area contributed by atoms with Gasteiger partial charge in [0.15, 0.2) is 5.17 Å². The van der Waals surface area contributed by atoms with Gasteiger partial charge in [-0.2, -0.15) is 0 Å². The summed E-state index contributed by atoms with van der Waals surface area (Å²) in [6.45, 7) is 1.83. The van der Waals surface area contributed by atoms with Gasteiger partial charge in [-0.3, -0.25) is 4.79 Å². The summed E-state index contributed by atoms with van der Waals surface area (Å²) >= 11 is 1.75. The first kappa shape index (κ1) is 11.8. The number of nitrogens with zero attached hydrogens (tertiary/aromatic N) is 1. The standard InChI is InChI=1S/C11H19N3OS/c1-8(9(15)12-2)13-10-14-11(7-16-10)5-3-4-6-11/h8H,3-7H2,1-2H3,(H,12,15)(H,13,14). The van der Waals surface area contributed by atoms with Crippen LogP contribution in [0.4, 0.5) is 0 Å². The van der Waals surface area contributed by atoms with Crippen LogP contribution in [0.1, 0.15) is 32.6 Å². The van der Waals surface area contributed by atoms with Crippen molar-refractivity contribution in [3.8, 4) is 0 Å². The van der Waals surface area contributed by atoms with E-state index in [9.17, 15) is 4.79 Å². The zero-order chi connectivity index (χ0) is 11.6. The fourth-order valence-electron chi connectivity index (χ4n) is 2.34. The molecule has 1 atom stereocenters. The minimum absolute atomic E-state index is 0.0257. The predicted octanol–water partition coefficient (Wildman–Crippen LogP) is 1.13. The molecule has 1 aliphatic heterocycles. The molecule has 0 aromatic rings. The van der Waals surface area contributed by atoms with Crippen LogP contribution >= 0.6 is 11.8 Å². The first-order chi connectivity index (χ1) is 7.65. The molecule has 2 aliphatic rings. The Labute approximate surface area is 101 Å². The van der Waals surface area contributed by atoms with Crippen molar-refractivity contribution < 1.29 is 4.79 Å². The average molecular weight is 241 g/mol. The van der Waals surface area contributed by atoms with Gasteiger partial charge < -0.3 is 10.6 Å². The highest BCUT2D eigenvalue weighted by Crippen LogP contribution is 2.37. The summed E-state index contributed by atoms with van der Waals surface area (Å²) in [5.41, 5.74) is 0.284. The molecule has 4 nitrogen and oxygen atoms in total. The van der Waals surface area contributed by atoms with Crippen LogP contribution in [-0.2, 0) is 4.79 Å². The maximum atomic E-state index is 11.4. The van der Waals surface area contributed by atoms with Gasteiger partial charge in [0.05, 0.1) is 0 Å². The molecule has 1 saturated heterocycles. The molecule has 0 bridgehead atoms. The van der Waals surface area contributed by atoms with E-state index in [1.165, 1.54) is 25.7 Å². The van der Waals surface area contributed by atoms with Gasteiger partial charge in [-0.25, -0.2) is 4.99 Å². The summed E-state index contributed by atoms with van der Waals surface area (Å²) in [5.74, 6) is 1.08. The topological polar surface area (TPSA) is 53.5 Å². The lowest BCUT2D eigenvalue weighted by Crippen LogP contribution is -2.41. The van der Waals surface area contributed by atoms with Crippen molar-refractivity contribution in [3.63, 3.8) is 0 Å². The molecule has 2 fully saturated rings. The molecule has 1 heterocycles. The van der Waals surface area contributed by atoms with Crippen LogP contribution in [0.15, 0.2) is 4.99 Å². The Hall–Kier alpha value is -0.710. The molecule has 16 heavy (non-hydrogen) atoms. The van der Waals surface area contributed by atoms with E-state index in [4.69, 9.17) is 0 Å². The van der Waals surface area contributed by atoms with Crippen LogP contribution in [0.25, 0.3) is 0 Å². The maximum absolute atomic E-state index is 11.4. The van der Waals surface area contributed by atoms with Crippen LogP contribution in [-0.4, -0.2) is 35.5 Å². The molecule has 0 aromatic heterocycles. The monoisotopic (exact) mass is 241 g/mol. The zero-order valence-corrected chi connectivity index (χ0v) is 10.7. The number of amidine groups is 1. The van der Waals surface area contributed by atoms with Gasteiger partial charge in [-0.1, -0.05) is 24.6 Å². The van der Waals surface area contributed by atoms with E-state index >= 15 is 0 Å². The Morgan fingerprint density at radius 1 is 1.56 bits per heavy atom. The summed E-state index contributed by atoms with van der Waals surface area (Å²) in [5, 5.41) is 7.07. The third-order valence-electron chi connectivity index (χ3n) is 3.35. The van der Waals surface area contributed by atoms with E-state index in [2.05, 4.69) is 15.6 Å². The molecular formula is C11H19N3OS. The quantitative estimate of drug-likeness (QED) is 0.762. The molecule has 1 spiro atoms. The van der Waals surface area contributed by atoms with Crippen LogP contribution in [0.5, 0.6) is 0 Å². The van der Waals surface area contributed by atoms with Crippen molar-refractivity contribution >= 4 is 22.8 Å². The van der Waals surface area contributed by atoms with Gasteiger partial charge in [0.2, 0.25) is 5.91 Å². The Morgan fingerprint density at radius 2 is 2.25 bits per heavy atom. The second kappa shape index (κ2) is 4.65. The Balaban J connectivity index is 1.97. The number of aliphatic imine (C=N–C) groups is 1. The second-order valence-corrected chi connectivity index (χ2v) is 5.59. The van der Waals surface area contributed by atoms with Gasteiger partial charge in [0.25, 0.3) is 0 Å². The second-order valence-electron chi connectivity index (χ2n) is 4.63. The lowest BCUT2D eigenvalue weighted by Gasteiger charge is -2.21. The molecular weight excluding hydrogens is 222 g/mol. The number of hydrogen-bond acceptors (Lipinski definition) is 3. The van der Waals surface area contributed by atoms with Crippen LogP contribution in [0.3, 0.4) is 0 Å². The van der Waals surface area contributed by atoms with Crippen LogP contribution in [0.2, 0.25) is 0 Å². The Bertz CT molecular complexity index is 310. The van der Waals surface area contributed by atoms with Gasteiger partial charge in [-0.15, -0.1) is 0 Å². The maximum Gasteiger partial charge on any atom is 0.244 e. The first-order valence-corrected chi connectivity index (χ1v) is 6.84. The molecule has 0 aromatic carbocycles. The van der Waals surface area contributed by atoms with Gasteiger partial charge >= 0.3 is 0 Å². The van der Waals surface area contributed by atoms with E-state index in [-0.39, 0.29) is 17.5 Å². The summed E-state index contributed by atoms with van der Waals surface area (Å²) in [7, 11) is 1.65. The van der Waals surface area contributed by atoms with E-state index in [0.717, 1.165) is 10.9 Å². The van der Waals surface area contributed by atoms with E-state index in [1.807, 2.05) is 6.92 Å². The average Bonchev–Trinajstić information content (AvgIpc) is 2.89. The van der Waals surface area contributed by atoms with Crippen molar-refractivity contribution in [3.05, 3.63) is 0 Å². The highest BCUT2D eigenvalue weighted by atomic mass is 32.2. The smallest absolute Gasteiger partial charge is 0.244 e. The van der Waals surface area contributed by atoms with E-state index in [0.29, 0.717) is 0 Å². The summed E-state index contributed by atoms with van der Waals surface area (Å²) in [6, 6.07) is -0.295. The van der Waals surface area contributed by atoms with E-state index < -0.39 is 0 Å². The molecule has 0 radical (unpaired) electrons. The number of carbonyl (C=O) groups is 1. The number of hydrogen-bond donors (Lipinski definition) is 2. The molecule has 1 aliphatic carbocycles. The first-order valence-electron chi connectivity index (χ1n) is 5.86. The largest absolute Gasteiger partial charge is 0.359 e. The summed E-state index contributed by atoms with van der Waals surface area (Å²) in [6.07, 6.45) is 5.11. The highest BCUT2D eigenvalue weighted by molar-refractivity contribution is 8.14. The highest BCUT2D eigenvalue weighted by Gasteiger charge is 2.39. The van der Waals surface area contributed by atoms with Gasteiger partial charge in [0.1, 0.15) is 6.04 Å². The predicted molar refractivity (Wildman–Crippen MR) is 67.8 cm³/mol. The molecule has 1 saturated carbocycles. The normalized spacial score (nSPS) is 27.0. The lowest BCUT2D eigenvalue weighted by atomic mass is 10.0.